The number of alkyl halides is 1. The lowest BCUT2D eigenvalue weighted by molar-refractivity contribution is -0.0333. The first kappa shape index (κ1) is 10.7. The molecule has 0 aromatic heterocycles. The van der Waals surface area contributed by atoms with Gasteiger partial charge in [0.15, 0.2) is 0 Å². The highest BCUT2D eigenvalue weighted by molar-refractivity contribution is 14.1. The Kier molecular flexibility index (Phi) is 8.26. The Hall–Kier alpha value is 0.650. The molecule has 1 atom stereocenters. The second-order valence-corrected chi connectivity index (χ2v) is 3.24. The number of hydrogen-bond acceptors (Lipinski definition) is 2. The quantitative estimate of drug-likeness (QED) is 0.314. The molecule has 0 aliphatic rings. The average Bonchev–Trinajstić information content (AvgIpc) is 1.98. The third kappa shape index (κ3) is 6.77. The highest BCUT2D eigenvalue weighted by Crippen LogP contribution is 2.05. The number of methoxy groups -OCH3 is 1. The molecule has 0 unspecified atom stereocenters. The van der Waals surface area contributed by atoms with Crippen molar-refractivity contribution in [3.05, 3.63) is 0 Å². The monoisotopic (exact) mass is 258 g/mol. The molecule has 0 heterocycles. The van der Waals surface area contributed by atoms with Crippen LogP contribution < -0.4 is 0 Å². The van der Waals surface area contributed by atoms with E-state index in [0.717, 1.165) is 18.9 Å². The predicted octanol–water partition coefficient (Wildman–Crippen LogP) is 2.07. The lowest BCUT2D eigenvalue weighted by Gasteiger charge is -2.06. The van der Waals surface area contributed by atoms with Gasteiger partial charge in [-0.3, -0.25) is 0 Å². The Labute approximate surface area is 76.4 Å². The molecule has 0 aliphatic carbocycles. The Bertz CT molecular complexity index is 68.6. The molecule has 0 rings (SSSR count). The lowest BCUT2D eigenvalue weighted by atomic mass is 10.1. The topological polar surface area (TPSA) is 18.5 Å². The van der Waals surface area contributed by atoms with Gasteiger partial charge in [-0.15, -0.1) is 0 Å². The number of hydrogen-bond donors (Lipinski definition) is 0. The second kappa shape index (κ2) is 7.75. The van der Waals surface area contributed by atoms with Gasteiger partial charge in [-0.1, -0.05) is 29.5 Å². The summed E-state index contributed by atoms with van der Waals surface area (Å²) in [6.07, 6.45) is 1.13. The lowest BCUT2D eigenvalue weighted by Crippen LogP contribution is -2.04. The van der Waals surface area contributed by atoms with Crippen LogP contribution in [0.25, 0.3) is 0 Å². The van der Waals surface area contributed by atoms with Gasteiger partial charge in [0.2, 0.25) is 0 Å². The van der Waals surface area contributed by atoms with Crippen molar-refractivity contribution in [3.8, 4) is 0 Å². The van der Waals surface area contributed by atoms with Crippen LogP contribution in [0.1, 0.15) is 13.3 Å². The minimum absolute atomic E-state index is 0.425. The molecule has 2 nitrogen and oxygen atoms in total. The van der Waals surface area contributed by atoms with E-state index in [-0.39, 0.29) is 0 Å². The van der Waals surface area contributed by atoms with E-state index in [1.807, 2.05) is 0 Å². The molecule has 0 radical (unpaired) electrons. The molecule has 3 heteroatoms. The fourth-order valence-electron chi connectivity index (χ4n) is 0.504. The van der Waals surface area contributed by atoms with Crippen LogP contribution in [0.4, 0.5) is 0 Å². The maximum Gasteiger partial charge on any atom is 0.146 e. The fourth-order valence-corrected chi connectivity index (χ4v) is 0.944. The Balaban J connectivity index is 2.89. The third-order valence-corrected chi connectivity index (χ3v) is 2.72. The molecular formula is C7H15IO2. The Morgan fingerprint density at radius 1 is 1.50 bits per heavy atom. The highest BCUT2D eigenvalue weighted by Gasteiger charge is 1.97. The zero-order valence-corrected chi connectivity index (χ0v) is 8.76. The summed E-state index contributed by atoms with van der Waals surface area (Å²) >= 11 is 2.39. The van der Waals surface area contributed by atoms with Crippen LogP contribution in [0.3, 0.4) is 0 Å². The van der Waals surface area contributed by atoms with E-state index in [1.54, 1.807) is 7.11 Å². The van der Waals surface area contributed by atoms with Gasteiger partial charge in [-0.25, -0.2) is 0 Å². The van der Waals surface area contributed by atoms with Crippen LogP contribution in [0.5, 0.6) is 0 Å². The van der Waals surface area contributed by atoms with Gasteiger partial charge >= 0.3 is 0 Å². The van der Waals surface area contributed by atoms with Crippen LogP contribution in [-0.4, -0.2) is 24.9 Å². The maximum absolute atomic E-state index is 5.13. The zero-order valence-electron chi connectivity index (χ0n) is 6.60. The van der Waals surface area contributed by atoms with Gasteiger partial charge in [-0.05, 0) is 12.3 Å². The van der Waals surface area contributed by atoms with Crippen molar-refractivity contribution < 1.29 is 9.47 Å². The normalized spacial score (nSPS) is 13.5. The molecule has 0 saturated carbocycles. The molecule has 0 fully saturated rings. The summed E-state index contributed by atoms with van der Waals surface area (Å²) in [5.41, 5.74) is 0. The first-order chi connectivity index (χ1) is 4.81. The van der Waals surface area contributed by atoms with Crippen LogP contribution in [0, 0.1) is 5.92 Å². The van der Waals surface area contributed by atoms with Crippen molar-refractivity contribution in [2.45, 2.75) is 13.3 Å². The summed E-state index contributed by atoms with van der Waals surface area (Å²) in [6.45, 7) is 3.47. The van der Waals surface area contributed by atoms with Crippen molar-refractivity contribution in [2.75, 3.05) is 24.9 Å². The minimum Gasteiger partial charge on any atom is -0.359 e. The summed E-state index contributed by atoms with van der Waals surface area (Å²) in [5, 5.41) is 0. The summed E-state index contributed by atoms with van der Waals surface area (Å²) in [6, 6.07) is 0. The van der Waals surface area contributed by atoms with Gasteiger partial charge in [-0.2, -0.15) is 0 Å². The van der Waals surface area contributed by atoms with E-state index in [9.17, 15) is 0 Å². The molecule has 0 saturated heterocycles. The van der Waals surface area contributed by atoms with Gasteiger partial charge in [0, 0.05) is 18.1 Å². The first-order valence-electron chi connectivity index (χ1n) is 3.44. The third-order valence-electron chi connectivity index (χ3n) is 1.22. The zero-order chi connectivity index (χ0) is 7.82. The van der Waals surface area contributed by atoms with Gasteiger partial charge in [0.25, 0.3) is 0 Å². The Morgan fingerprint density at radius 3 is 2.70 bits per heavy atom. The number of halogens is 1. The minimum atomic E-state index is 0.425. The molecule has 0 aromatic rings. The van der Waals surface area contributed by atoms with E-state index < -0.39 is 0 Å². The molecule has 0 aromatic carbocycles. The molecule has 62 valence electrons. The predicted molar refractivity (Wildman–Crippen MR) is 50.5 cm³/mol. The van der Waals surface area contributed by atoms with Crippen LogP contribution in [0.15, 0.2) is 0 Å². The molecule has 10 heavy (non-hydrogen) atoms. The summed E-state index contributed by atoms with van der Waals surface area (Å²) in [5.74, 6) is 0.762. The highest BCUT2D eigenvalue weighted by atomic mass is 127. The van der Waals surface area contributed by atoms with Crippen molar-refractivity contribution in [1.29, 1.82) is 0 Å². The van der Waals surface area contributed by atoms with E-state index >= 15 is 0 Å². The average molecular weight is 258 g/mol. The van der Waals surface area contributed by atoms with E-state index in [1.165, 1.54) is 4.43 Å². The van der Waals surface area contributed by atoms with E-state index in [2.05, 4.69) is 29.5 Å². The van der Waals surface area contributed by atoms with Gasteiger partial charge in [0.05, 0.1) is 0 Å². The van der Waals surface area contributed by atoms with Crippen molar-refractivity contribution in [2.24, 2.45) is 5.92 Å². The first-order valence-corrected chi connectivity index (χ1v) is 4.96. The van der Waals surface area contributed by atoms with Gasteiger partial charge < -0.3 is 9.47 Å². The number of rotatable bonds is 6. The smallest absolute Gasteiger partial charge is 0.146 e. The SMILES string of the molecule is COCOCC[C@H](C)CI. The molecular weight excluding hydrogens is 243 g/mol. The van der Waals surface area contributed by atoms with Crippen molar-refractivity contribution >= 4 is 22.6 Å². The van der Waals surface area contributed by atoms with Crippen LogP contribution >= 0.6 is 22.6 Å². The summed E-state index contributed by atoms with van der Waals surface area (Å²) in [7, 11) is 1.64. The molecule has 0 spiro atoms. The van der Waals surface area contributed by atoms with Crippen LogP contribution in [0.2, 0.25) is 0 Å². The second-order valence-electron chi connectivity index (χ2n) is 2.36. The largest absolute Gasteiger partial charge is 0.359 e. The summed E-state index contributed by atoms with van der Waals surface area (Å²) in [4.78, 5) is 0. The van der Waals surface area contributed by atoms with Crippen molar-refractivity contribution in [3.63, 3.8) is 0 Å². The van der Waals surface area contributed by atoms with Gasteiger partial charge in [0.1, 0.15) is 6.79 Å². The van der Waals surface area contributed by atoms with Crippen LogP contribution in [-0.2, 0) is 9.47 Å². The fraction of sp³-hybridized carbons (Fsp3) is 1.00. The molecule has 0 bridgehead atoms. The Morgan fingerprint density at radius 2 is 2.20 bits per heavy atom. The molecule has 0 amide bonds. The standard InChI is InChI=1S/C7H15IO2/c1-7(5-8)3-4-10-6-9-2/h7H,3-6H2,1-2H3/t7-/m0/s1. The molecule has 0 aliphatic heterocycles. The number of ether oxygens (including phenoxy) is 2. The molecule has 0 N–H and O–H groups in total. The van der Waals surface area contributed by atoms with E-state index in [0.29, 0.717) is 6.79 Å². The van der Waals surface area contributed by atoms with E-state index in [4.69, 9.17) is 9.47 Å². The summed E-state index contributed by atoms with van der Waals surface area (Å²) < 4.78 is 11.1. The van der Waals surface area contributed by atoms with Crippen molar-refractivity contribution in [1.82, 2.24) is 0 Å². The maximum atomic E-state index is 5.13.